The lowest BCUT2D eigenvalue weighted by Crippen LogP contribution is -2.03. The van der Waals surface area contributed by atoms with Gasteiger partial charge in [0.25, 0.3) is 0 Å². The van der Waals surface area contributed by atoms with E-state index >= 15 is 0 Å². The van der Waals surface area contributed by atoms with Gasteiger partial charge in [-0.05, 0) is 34.7 Å². The van der Waals surface area contributed by atoms with Crippen molar-refractivity contribution in [3.63, 3.8) is 0 Å². The van der Waals surface area contributed by atoms with Gasteiger partial charge in [0, 0.05) is 0 Å². The smallest absolute Gasteiger partial charge is 0.354 e. The predicted molar refractivity (Wildman–Crippen MR) is 48.3 cm³/mol. The summed E-state index contributed by atoms with van der Waals surface area (Å²) < 4.78 is 0.516. The Balaban J connectivity index is 3.15. The summed E-state index contributed by atoms with van der Waals surface area (Å²) in [5, 5.41) is 8.49. The van der Waals surface area contributed by atoms with E-state index in [-0.39, 0.29) is 5.69 Å². The first-order valence-corrected chi connectivity index (χ1v) is 3.84. The Morgan fingerprint density at radius 1 is 1.64 bits per heavy atom. The van der Waals surface area contributed by atoms with Crippen molar-refractivity contribution in [2.45, 2.75) is 0 Å². The van der Waals surface area contributed by atoms with Gasteiger partial charge in [-0.15, -0.1) is 0 Å². The first-order chi connectivity index (χ1) is 5.11. The Morgan fingerprint density at radius 3 is 2.73 bits per heavy atom. The van der Waals surface area contributed by atoms with Crippen LogP contribution in [0.3, 0.4) is 0 Å². The third kappa shape index (κ3) is 1.79. The number of carboxylic acids is 1. The molecule has 0 aliphatic carbocycles. The lowest BCUT2D eigenvalue weighted by Gasteiger charge is -1.97. The van der Waals surface area contributed by atoms with Crippen molar-refractivity contribution >= 4 is 34.2 Å². The number of nitrogens with two attached hydrogens (primary N) is 1. The van der Waals surface area contributed by atoms with Crippen molar-refractivity contribution in [1.29, 1.82) is 0 Å². The molecule has 1 aromatic rings. The molecular formula is C6H5IN2O2. The van der Waals surface area contributed by atoms with Crippen molar-refractivity contribution in [3.05, 3.63) is 21.5 Å². The fourth-order valence-corrected chi connectivity index (χ4v) is 1.00. The zero-order valence-corrected chi connectivity index (χ0v) is 7.57. The predicted octanol–water partition coefficient (Wildman–Crippen LogP) is 0.967. The normalized spacial score (nSPS) is 9.55. The summed E-state index contributed by atoms with van der Waals surface area (Å²) in [5.74, 6) is -1.04. The molecule has 0 aliphatic rings. The minimum atomic E-state index is -1.04. The summed E-state index contributed by atoms with van der Waals surface area (Å²) in [7, 11) is 0. The molecule has 0 aliphatic heterocycles. The van der Waals surface area contributed by atoms with Gasteiger partial charge in [-0.3, -0.25) is 0 Å². The second-order valence-electron chi connectivity index (χ2n) is 1.88. The highest BCUT2D eigenvalue weighted by Gasteiger charge is 2.05. The summed E-state index contributed by atoms with van der Waals surface area (Å²) in [6.07, 6.45) is 0. The van der Waals surface area contributed by atoms with Crippen LogP contribution >= 0.6 is 22.6 Å². The summed E-state index contributed by atoms with van der Waals surface area (Å²) in [4.78, 5) is 14.1. The number of carboxylic acid groups (broad SMARTS) is 1. The number of anilines is 1. The lowest BCUT2D eigenvalue weighted by molar-refractivity contribution is 0.0690. The van der Waals surface area contributed by atoms with Crippen LogP contribution in [0, 0.1) is 3.70 Å². The summed E-state index contributed by atoms with van der Waals surface area (Å²) in [6.45, 7) is 0. The third-order valence-corrected chi connectivity index (χ3v) is 1.96. The molecule has 0 amide bonds. The van der Waals surface area contributed by atoms with Crippen LogP contribution in [0.2, 0.25) is 0 Å². The van der Waals surface area contributed by atoms with Gasteiger partial charge in [0.05, 0.1) is 5.69 Å². The van der Waals surface area contributed by atoms with E-state index < -0.39 is 5.97 Å². The van der Waals surface area contributed by atoms with Crippen molar-refractivity contribution in [2.75, 3.05) is 5.73 Å². The van der Waals surface area contributed by atoms with Crippen LogP contribution in [0.1, 0.15) is 10.5 Å². The van der Waals surface area contributed by atoms with Gasteiger partial charge in [0.2, 0.25) is 0 Å². The number of aromatic carboxylic acids is 1. The SMILES string of the molecule is Nc1ccc(C(=O)O)nc1I. The maximum atomic E-state index is 10.4. The number of aromatic nitrogens is 1. The Morgan fingerprint density at radius 2 is 2.27 bits per heavy atom. The average molecular weight is 264 g/mol. The van der Waals surface area contributed by atoms with Gasteiger partial charge in [0.15, 0.2) is 0 Å². The summed E-state index contributed by atoms with van der Waals surface area (Å²) in [6, 6.07) is 2.90. The topological polar surface area (TPSA) is 76.2 Å². The summed E-state index contributed by atoms with van der Waals surface area (Å²) in [5.41, 5.74) is 5.94. The fourth-order valence-electron chi connectivity index (χ4n) is 0.564. The molecule has 5 heteroatoms. The van der Waals surface area contributed by atoms with E-state index in [0.29, 0.717) is 9.39 Å². The monoisotopic (exact) mass is 264 g/mol. The van der Waals surface area contributed by atoms with Crippen molar-refractivity contribution in [2.24, 2.45) is 0 Å². The van der Waals surface area contributed by atoms with Crippen molar-refractivity contribution < 1.29 is 9.90 Å². The molecule has 0 radical (unpaired) electrons. The molecule has 11 heavy (non-hydrogen) atoms. The van der Waals surface area contributed by atoms with Crippen LogP contribution < -0.4 is 5.73 Å². The highest BCUT2D eigenvalue weighted by Crippen LogP contribution is 2.11. The molecule has 3 N–H and O–H groups in total. The molecule has 0 saturated carbocycles. The highest BCUT2D eigenvalue weighted by atomic mass is 127. The molecule has 0 spiro atoms. The standard InChI is InChI=1S/C6H5IN2O2/c7-5-3(8)1-2-4(9-5)6(10)11/h1-2H,8H2,(H,10,11). The average Bonchev–Trinajstić information content (AvgIpc) is 1.94. The van der Waals surface area contributed by atoms with Crippen LogP contribution in [0.5, 0.6) is 0 Å². The Hall–Kier alpha value is -0.850. The lowest BCUT2D eigenvalue weighted by atomic mass is 10.3. The molecule has 0 fully saturated rings. The number of halogens is 1. The number of pyridine rings is 1. The first-order valence-electron chi connectivity index (χ1n) is 2.76. The van der Waals surface area contributed by atoms with Crippen LogP contribution in [-0.2, 0) is 0 Å². The van der Waals surface area contributed by atoms with Crippen LogP contribution in [0.15, 0.2) is 12.1 Å². The van der Waals surface area contributed by atoms with Gasteiger partial charge in [-0.2, -0.15) is 0 Å². The van der Waals surface area contributed by atoms with Gasteiger partial charge in [-0.1, -0.05) is 0 Å². The van der Waals surface area contributed by atoms with E-state index in [2.05, 4.69) is 4.98 Å². The van der Waals surface area contributed by atoms with Gasteiger partial charge in [0.1, 0.15) is 9.39 Å². The zero-order chi connectivity index (χ0) is 8.43. The molecule has 0 aromatic carbocycles. The quantitative estimate of drug-likeness (QED) is 0.585. The first kappa shape index (κ1) is 8.25. The molecule has 4 nitrogen and oxygen atoms in total. The van der Waals surface area contributed by atoms with Gasteiger partial charge >= 0.3 is 5.97 Å². The summed E-state index contributed by atoms with van der Waals surface area (Å²) >= 11 is 1.88. The molecule has 1 rings (SSSR count). The number of hydrogen-bond acceptors (Lipinski definition) is 3. The number of nitrogens with zero attached hydrogens (tertiary/aromatic N) is 1. The number of carbonyl (C=O) groups is 1. The van der Waals surface area contributed by atoms with Crippen LogP contribution in [-0.4, -0.2) is 16.1 Å². The Labute approximate surface area is 76.6 Å². The molecule has 0 saturated heterocycles. The van der Waals surface area contributed by atoms with Crippen molar-refractivity contribution in [1.82, 2.24) is 4.98 Å². The fraction of sp³-hybridized carbons (Fsp3) is 0. The van der Waals surface area contributed by atoms with Crippen molar-refractivity contribution in [3.8, 4) is 0 Å². The largest absolute Gasteiger partial charge is 0.477 e. The van der Waals surface area contributed by atoms with E-state index in [9.17, 15) is 4.79 Å². The molecule has 0 unspecified atom stereocenters. The van der Waals surface area contributed by atoms with E-state index in [4.69, 9.17) is 10.8 Å². The molecule has 58 valence electrons. The second-order valence-corrected chi connectivity index (χ2v) is 2.90. The number of nitrogen functional groups attached to an aromatic ring is 1. The van der Waals surface area contributed by atoms with E-state index in [0.717, 1.165) is 0 Å². The van der Waals surface area contributed by atoms with Crippen LogP contribution in [0.4, 0.5) is 5.69 Å². The number of hydrogen-bond donors (Lipinski definition) is 2. The molecule has 0 bridgehead atoms. The number of rotatable bonds is 1. The minimum Gasteiger partial charge on any atom is -0.477 e. The van der Waals surface area contributed by atoms with Gasteiger partial charge in [-0.25, -0.2) is 9.78 Å². The molecule has 1 aromatic heterocycles. The minimum absolute atomic E-state index is 0.0172. The van der Waals surface area contributed by atoms with E-state index in [1.165, 1.54) is 12.1 Å². The second kappa shape index (κ2) is 3.04. The Kier molecular flexibility index (Phi) is 2.28. The third-order valence-electron chi connectivity index (χ3n) is 1.10. The highest BCUT2D eigenvalue weighted by molar-refractivity contribution is 14.1. The Bertz CT molecular complexity index is 301. The van der Waals surface area contributed by atoms with Gasteiger partial charge < -0.3 is 10.8 Å². The molecule has 1 heterocycles. The van der Waals surface area contributed by atoms with E-state index in [1.54, 1.807) is 0 Å². The zero-order valence-electron chi connectivity index (χ0n) is 5.41. The maximum Gasteiger partial charge on any atom is 0.354 e. The molecular weight excluding hydrogens is 259 g/mol. The van der Waals surface area contributed by atoms with E-state index in [1.807, 2.05) is 22.6 Å². The molecule has 0 atom stereocenters. The van der Waals surface area contributed by atoms with Crippen LogP contribution in [0.25, 0.3) is 0 Å². The maximum absolute atomic E-state index is 10.4.